The molecule has 31 heavy (non-hydrogen) atoms. The van der Waals surface area contributed by atoms with Gasteiger partial charge >= 0.3 is 0 Å². The van der Waals surface area contributed by atoms with E-state index in [4.69, 9.17) is 10.7 Å². The van der Waals surface area contributed by atoms with E-state index in [-0.39, 0.29) is 11.9 Å². The molecule has 0 aliphatic carbocycles. The van der Waals surface area contributed by atoms with Crippen LogP contribution >= 0.6 is 0 Å². The third-order valence-electron chi connectivity index (χ3n) is 5.72. The van der Waals surface area contributed by atoms with Crippen LogP contribution < -0.4 is 10.6 Å². The molecular weight excluding hydrogens is 384 g/mol. The van der Waals surface area contributed by atoms with Gasteiger partial charge in [0.25, 0.3) is 5.91 Å². The van der Waals surface area contributed by atoms with Crippen molar-refractivity contribution in [1.29, 1.82) is 0 Å². The number of hydrogen-bond donors (Lipinski definition) is 1. The lowest BCUT2D eigenvalue weighted by Gasteiger charge is -2.30. The normalized spacial score (nSPS) is 18.6. The Hall–Kier alpha value is -3.21. The zero-order chi connectivity index (χ0) is 22.4. The van der Waals surface area contributed by atoms with Gasteiger partial charge in [0.2, 0.25) is 0 Å². The number of benzene rings is 1. The van der Waals surface area contributed by atoms with Crippen LogP contribution in [0.2, 0.25) is 0 Å². The molecule has 4 rings (SSSR count). The fourth-order valence-electron chi connectivity index (χ4n) is 4.09. The largest absolute Gasteiger partial charge is 0.398 e. The Labute approximate surface area is 185 Å². The number of fused-ring (bicyclic) bond motifs is 1. The van der Waals surface area contributed by atoms with Gasteiger partial charge in [0.15, 0.2) is 0 Å². The summed E-state index contributed by atoms with van der Waals surface area (Å²) in [5.41, 5.74) is 12.6. The molecule has 0 spiro atoms. The highest BCUT2D eigenvalue weighted by atomic mass is 16.2. The fourth-order valence-corrected chi connectivity index (χ4v) is 4.09. The number of rotatable bonds is 3. The molecule has 2 N–H and O–H groups in total. The van der Waals surface area contributed by atoms with E-state index >= 15 is 0 Å². The van der Waals surface area contributed by atoms with Crippen LogP contribution in [0.15, 0.2) is 76.7 Å². The molecule has 0 radical (unpaired) electrons. The Morgan fingerprint density at radius 2 is 1.94 bits per heavy atom. The maximum atomic E-state index is 13.3. The number of carbonyl (C=O) groups excluding carboxylic acids is 1. The summed E-state index contributed by atoms with van der Waals surface area (Å²) in [7, 11) is 0. The van der Waals surface area contributed by atoms with Crippen molar-refractivity contribution in [2.45, 2.75) is 53.0 Å². The molecule has 1 aromatic carbocycles. The molecular formula is C26H32N4O. The Bertz CT molecular complexity index is 1020. The number of aromatic nitrogens is 1. The average molecular weight is 417 g/mol. The first-order chi connectivity index (χ1) is 15.1. The third kappa shape index (κ3) is 4.76. The summed E-state index contributed by atoms with van der Waals surface area (Å²) in [5, 5.41) is 0. The summed E-state index contributed by atoms with van der Waals surface area (Å²) >= 11 is 0. The molecule has 0 saturated carbocycles. The van der Waals surface area contributed by atoms with Crippen LogP contribution in [0.1, 0.15) is 57.7 Å². The van der Waals surface area contributed by atoms with Crippen LogP contribution in [-0.2, 0) is 11.2 Å². The lowest BCUT2D eigenvalue weighted by Crippen LogP contribution is -2.37. The number of carbonyl (C=O) groups is 1. The van der Waals surface area contributed by atoms with Crippen molar-refractivity contribution in [2.24, 2.45) is 10.7 Å². The van der Waals surface area contributed by atoms with Crippen LogP contribution in [0.3, 0.4) is 0 Å². The van der Waals surface area contributed by atoms with E-state index in [1.165, 1.54) is 5.56 Å². The van der Waals surface area contributed by atoms with Gasteiger partial charge in [-0.15, -0.1) is 0 Å². The molecule has 0 saturated heterocycles. The van der Waals surface area contributed by atoms with Crippen LogP contribution in [0.4, 0.5) is 5.69 Å². The van der Waals surface area contributed by atoms with E-state index in [0.717, 1.165) is 48.3 Å². The van der Waals surface area contributed by atoms with Crippen LogP contribution in [0, 0.1) is 0 Å². The Morgan fingerprint density at radius 1 is 1.16 bits per heavy atom. The van der Waals surface area contributed by atoms with Crippen molar-refractivity contribution < 1.29 is 4.79 Å². The summed E-state index contributed by atoms with van der Waals surface area (Å²) < 4.78 is 0. The summed E-state index contributed by atoms with van der Waals surface area (Å²) in [5.74, 6) is -0.0299. The molecule has 0 bridgehead atoms. The molecule has 1 aromatic heterocycles. The number of allylic oxidation sites excluding steroid dienone is 1. The van der Waals surface area contributed by atoms with Crippen molar-refractivity contribution in [3.8, 4) is 0 Å². The summed E-state index contributed by atoms with van der Waals surface area (Å²) in [4.78, 5) is 24.1. The predicted octanol–water partition coefficient (Wildman–Crippen LogP) is 5.15. The number of anilines is 1. The zero-order valence-electron chi connectivity index (χ0n) is 18.9. The van der Waals surface area contributed by atoms with Crippen molar-refractivity contribution in [2.75, 3.05) is 11.4 Å². The minimum Gasteiger partial charge on any atom is -0.398 e. The molecule has 0 fully saturated rings. The van der Waals surface area contributed by atoms with Gasteiger partial charge in [0, 0.05) is 47.2 Å². The van der Waals surface area contributed by atoms with E-state index in [9.17, 15) is 4.79 Å². The molecule has 2 aromatic rings. The second-order valence-corrected chi connectivity index (χ2v) is 7.60. The van der Waals surface area contributed by atoms with Gasteiger partial charge in [-0.3, -0.25) is 14.8 Å². The first-order valence-corrected chi connectivity index (χ1v) is 11.1. The molecule has 1 atom stereocenters. The average Bonchev–Trinajstić information content (AvgIpc) is 2.84. The Balaban J connectivity index is 0.00000132. The van der Waals surface area contributed by atoms with Gasteiger partial charge in [-0.25, -0.2) is 0 Å². The second kappa shape index (κ2) is 10.2. The van der Waals surface area contributed by atoms with Crippen molar-refractivity contribution in [3.05, 3.63) is 82.8 Å². The Kier molecular flexibility index (Phi) is 7.40. The number of nitrogens with zero attached hydrogens (tertiary/aromatic N) is 3. The number of pyridine rings is 1. The first kappa shape index (κ1) is 22.5. The van der Waals surface area contributed by atoms with Crippen molar-refractivity contribution in [3.63, 3.8) is 0 Å². The first-order valence-electron chi connectivity index (χ1n) is 11.1. The lowest BCUT2D eigenvalue weighted by molar-refractivity contribution is -0.115. The number of dihydropyridines is 1. The van der Waals surface area contributed by atoms with Gasteiger partial charge in [-0.2, -0.15) is 0 Å². The maximum absolute atomic E-state index is 13.3. The number of aryl methyl sites for hydroxylation is 1. The van der Waals surface area contributed by atoms with E-state index in [1.807, 2.05) is 69.1 Å². The number of amides is 1. The monoisotopic (exact) mass is 416 g/mol. The summed E-state index contributed by atoms with van der Waals surface area (Å²) in [6.45, 7) is 8.49. The quantitative estimate of drug-likeness (QED) is 0.703. The highest BCUT2D eigenvalue weighted by Crippen LogP contribution is 2.31. The van der Waals surface area contributed by atoms with Crippen molar-refractivity contribution in [1.82, 2.24) is 4.98 Å². The fraction of sp³-hybridized carbons (Fsp3) is 0.346. The van der Waals surface area contributed by atoms with Crippen molar-refractivity contribution >= 4 is 17.3 Å². The number of nitrogens with two attached hydrogens (primary N) is 1. The Morgan fingerprint density at radius 3 is 2.65 bits per heavy atom. The molecule has 3 heterocycles. The zero-order valence-corrected chi connectivity index (χ0v) is 18.9. The lowest BCUT2D eigenvalue weighted by atomic mass is 9.94. The topological polar surface area (TPSA) is 71.6 Å². The van der Waals surface area contributed by atoms with E-state index in [1.54, 1.807) is 6.20 Å². The number of aliphatic imine (C=N–C) groups is 1. The molecule has 5 nitrogen and oxygen atoms in total. The maximum Gasteiger partial charge on any atom is 0.256 e. The van der Waals surface area contributed by atoms with Crippen LogP contribution in [-0.4, -0.2) is 23.1 Å². The van der Waals surface area contributed by atoms with Crippen LogP contribution in [0.25, 0.3) is 0 Å². The standard InChI is InChI=1S/C24H26N4O.C2H6/c1-16(24(29)28-14-6-9-18-7-3-4-10-22(18)28)23(25)20-11-12-21(27-17(20)2)19-8-5-13-26-15-19;1-2/h3-5,7-8,10-11,13,15,21H,6,9,12,14,25H2,1-2H3;1-2H3/b23-16-;/t21-;/m0./s1. The smallest absolute Gasteiger partial charge is 0.256 e. The highest BCUT2D eigenvalue weighted by molar-refractivity contribution is 6.10. The molecule has 162 valence electrons. The molecule has 2 aliphatic heterocycles. The minimum atomic E-state index is -0.0299. The van der Waals surface area contributed by atoms with Gasteiger partial charge in [-0.05, 0) is 56.4 Å². The molecule has 0 unspecified atom stereocenters. The third-order valence-corrected chi connectivity index (χ3v) is 5.72. The number of hydrogen-bond acceptors (Lipinski definition) is 4. The van der Waals surface area contributed by atoms with Gasteiger partial charge in [0.05, 0.1) is 6.04 Å². The summed E-state index contributed by atoms with van der Waals surface area (Å²) in [6, 6.07) is 12.1. The van der Waals surface area contributed by atoms with Gasteiger partial charge in [0.1, 0.15) is 0 Å². The number of para-hydroxylation sites is 1. The molecule has 1 amide bonds. The highest BCUT2D eigenvalue weighted by Gasteiger charge is 2.26. The molecule has 5 heteroatoms. The van der Waals surface area contributed by atoms with E-state index in [2.05, 4.69) is 17.1 Å². The minimum absolute atomic E-state index is 0.0299. The summed E-state index contributed by atoms with van der Waals surface area (Å²) in [6.07, 6.45) is 8.42. The SMILES string of the molecule is CC.CC1=N[C@H](c2cccnc2)CC=C1/C(N)=C(\C)C(=O)N1CCCc2ccccc21. The van der Waals surface area contributed by atoms with Gasteiger partial charge < -0.3 is 10.6 Å². The van der Waals surface area contributed by atoms with Gasteiger partial charge in [-0.1, -0.05) is 44.2 Å². The van der Waals surface area contributed by atoms with E-state index < -0.39 is 0 Å². The molecule has 2 aliphatic rings. The van der Waals surface area contributed by atoms with E-state index in [0.29, 0.717) is 11.3 Å². The second-order valence-electron chi connectivity index (χ2n) is 7.60. The predicted molar refractivity (Wildman–Crippen MR) is 128 cm³/mol. The van der Waals surface area contributed by atoms with Crippen LogP contribution in [0.5, 0.6) is 0 Å².